The topological polar surface area (TPSA) is 12.0 Å². The summed E-state index contributed by atoms with van der Waals surface area (Å²) in [7, 11) is 2.04. The number of aryl methyl sites for hydroxylation is 1. The van der Waals surface area contributed by atoms with Gasteiger partial charge in [-0.1, -0.05) is 56.0 Å². The molecule has 0 spiro atoms. The molecule has 16 heavy (non-hydrogen) atoms. The summed E-state index contributed by atoms with van der Waals surface area (Å²) in [6, 6.07) is 9.00. The molecule has 1 unspecified atom stereocenters. The standard InChI is InChI=1S/C15H25N/c1-4-5-6-7-15(12-16-3)14-10-8-13(2)9-11-14/h8-11,15-16H,4-7,12H2,1-3H3. The van der Waals surface area contributed by atoms with Crippen LogP contribution in [0.25, 0.3) is 0 Å². The molecular formula is C15H25N. The molecule has 1 heteroatoms. The van der Waals surface area contributed by atoms with Crippen LogP contribution in [0.3, 0.4) is 0 Å². The van der Waals surface area contributed by atoms with Gasteiger partial charge in [0.2, 0.25) is 0 Å². The Morgan fingerprint density at radius 2 is 1.81 bits per heavy atom. The summed E-state index contributed by atoms with van der Waals surface area (Å²) < 4.78 is 0. The van der Waals surface area contributed by atoms with Gasteiger partial charge >= 0.3 is 0 Å². The Kier molecular flexibility index (Phi) is 6.17. The predicted molar refractivity (Wildman–Crippen MR) is 72.0 cm³/mol. The average Bonchev–Trinajstić information content (AvgIpc) is 2.29. The van der Waals surface area contributed by atoms with E-state index in [1.165, 1.54) is 36.8 Å². The van der Waals surface area contributed by atoms with E-state index in [-0.39, 0.29) is 0 Å². The Morgan fingerprint density at radius 1 is 1.12 bits per heavy atom. The Labute approximate surface area is 100 Å². The fourth-order valence-electron chi connectivity index (χ4n) is 2.11. The van der Waals surface area contributed by atoms with Crippen LogP contribution in [0.15, 0.2) is 24.3 Å². The number of nitrogens with one attached hydrogen (secondary N) is 1. The van der Waals surface area contributed by atoms with Crippen molar-refractivity contribution in [3.63, 3.8) is 0 Å². The molecule has 0 saturated carbocycles. The minimum atomic E-state index is 0.678. The first-order valence-corrected chi connectivity index (χ1v) is 6.49. The molecule has 0 aliphatic rings. The van der Waals surface area contributed by atoms with E-state index in [0.717, 1.165) is 6.54 Å². The second-order valence-corrected chi connectivity index (χ2v) is 4.66. The predicted octanol–water partition coefficient (Wildman–Crippen LogP) is 3.88. The number of benzene rings is 1. The molecule has 0 fully saturated rings. The van der Waals surface area contributed by atoms with Crippen molar-refractivity contribution < 1.29 is 0 Å². The van der Waals surface area contributed by atoms with Gasteiger partial charge in [-0.2, -0.15) is 0 Å². The average molecular weight is 219 g/mol. The minimum Gasteiger partial charge on any atom is -0.319 e. The van der Waals surface area contributed by atoms with E-state index < -0.39 is 0 Å². The Hall–Kier alpha value is -0.820. The van der Waals surface area contributed by atoms with Gasteiger partial charge < -0.3 is 5.32 Å². The van der Waals surface area contributed by atoms with Crippen LogP contribution >= 0.6 is 0 Å². The van der Waals surface area contributed by atoms with E-state index in [2.05, 4.69) is 43.4 Å². The summed E-state index contributed by atoms with van der Waals surface area (Å²) in [5.74, 6) is 0.678. The zero-order chi connectivity index (χ0) is 11.8. The second-order valence-electron chi connectivity index (χ2n) is 4.66. The molecule has 1 nitrogen and oxygen atoms in total. The highest BCUT2D eigenvalue weighted by molar-refractivity contribution is 5.24. The van der Waals surface area contributed by atoms with Crippen LogP contribution in [0.4, 0.5) is 0 Å². The molecule has 0 aliphatic carbocycles. The van der Waals surface area contributed by atoms with Crippen molar-refractivity contribution in [2.75, 3.05) is 13.6 Å². The van der Waals surface area contributed by atoms with Crippen LogP contribution < -0.4 is 5.32 Å². The molecule has 0 aliphatic heterocycles. The SMILES string of the molecule is CCCCCC(CNC)c1ccc(C)cc1. The van der Waals surface area contributed by atoms with E-state index in [1.807, 2.05) is 7.05 Å². The maximum absolute atomic E-state index is 3.31. The van der Waals surface area contributed by atoms with Crippen LogP contribution in [-0.4, -0.2) is 13.6 Å². The molecule has 1 atom stereocenters. The number of likely N-dealkylation sites (N-methyl/N-ethyl adjacent to an activating group) is 1. The maximum atomic E-state index is 3.31. The van der Waals surface area contributed by atoms with Gasteiger partial charge in [-0.05, 0) is 31.9 Å². The van der Waals surface area contributed by atoms with E-state index in [0.29, 0.717) is 5.92 Å². The van der Waals surface area contributed by atoms with Crippen molar-refractivity contribution in [3.8, 4) is 0 Å². The molecule has 1 aromatic rings. The molecule has 0 aromatic heterocycles. The number of hydrogen-bond acceptors (Lipinski definition) is 1. The van der Waals surface area contributed by atoms with Gasteiger partial charge in [-0.15, -0.1) is 0 Å². The van der Waals surface area contributed by atoms with E-state index in [4.69, 9.17) is 0 Å². The van der Waals surface area contributed by atoms with Crippen LogP contribution in [0.5, 0.6) is 0 Å². The van der Waals surface area contributed by atoms with Gasteiger partial charge in [0, 0.05) is 6.54 Å². The lowest BCUT2D eigenvalue weighted by molar-refractivity contribution is 0.542. The molecule has 0 bridgehead atoms. The van der Waals surface area contributed by atoms with Crippen LogP contribution in [0.2, 0.25) is 0 Å². The second kappa shape index (κ2) is 7.45. The van der Waals surface area contributed by atoms with Gasteiger partial charge in [0.05, 0.1) is 0 Å². The molecule has 90 valence electrons. The van der Waals surface area contributed by atoms with Crippen molar-refractivity contribution in [3.05, 3.63) is 35.4 Å². The van der Waals surface area contributed by atoms with Crippen LogP contribution in [0, 0.1) is 6.92 Å². The highest BCUT2D eigenvalue weighted by Crippen LogP contribution is 2.22. The Balaban J connectivity index is 2.57. The normalized spacial score (nSPS) is 12.7. The molecule has 0 saturated heterocycles. The van der Waals surface area contributed by atoms with Gasteiger partial charge in [-0.25, -0.2) is 0 Å². The third-order valence-corrected chi connectivity index (χ3v) is 3.16. The molecule has 0 heterocycles. The van der Waals surface area contributed by atoms with Gasteiger partial charge in [0.25, 0.3) is 0 Å². The number of rotatable bonds is 7. The summed E-state index contributed by atoms with van der Waals surface area (Å²) in [5.41, 5.74) is 2.83. The first kappa shape index (κ1) is 13.2. The molecule has 1 aromatic carbocycles. The van der Waals surface area contributed by atoms with E-state index in [1.54, 1.807) is 0 Å². The number of unbranched alkanes of at least 4 members (excludes halogenated alkanes) is 2. The van der Waals surface area contributed by atoms with Crippen molar-refractivity contribution in [2.24, 2.45) is 0 Å². The van der Waals surface area contributed by atoms with E-state index >= 15 is 0 Å². The summed E-state index contributed by atoms with van der Waals surface area (Å²) >= 11 is 0. The van der Waals surface area contributed by atoms with E-state index in [9.17, 15) is 0 Å². The third kappa shape index (κ3) is 4.36. The van der Waals surface area contributed by atoms with Crippen molar-refractivity contribution in [2.45, 2.75) is 45.4 Å². The van der Waals surface area contributed by atoms with Gasteiger partial charge in [0.15, 0.2) is 0 Å². The smallest absolute Gasteiger partial charge is 0.00171 e. The lowest BCUT2D eigenvalue weighted by Crippen LogP contribution is -2.17. The lowest BCUT2D eigenvalue weighted by Gasteiger charge is -2.17. The highest BCUT2D eigenvalue weighted by atomic mass is 14.8. The molecule has 1 rings (SSSR count). The van der Waals surface area contributed by atoms with Gasteiger partial charge in [-0.3, -0.25) is 0 Å². The molecule has 1 N–H and O–H groups in total. The Morgan fingerprint density at radius 3 is 2.38 bits per heavy atom. The van der Waals surface area contributed by atoms with Crippen molar-refractivity contribution in [1.29, 1.82) is 0 Å². The number of hydrogen-bond donors (Lipinski definition) is 1. The summed E-state index contributed by atoms with van der Waals surface area (Å²) in [5, 5.41) is 3.31. The molecule has 0 radical (unpaired) electrons. The maximum Gasteiger partial charge on any atom is 0.00171 e. The Bertz CT molecular complexity index is 276. The molecule has 0 amide bonds. The van der Waals surface area contributed by atoms with Crippen LogP contribution in [-0.2, 0) is 0 Å². The fourth-order valence-corrected chi connectivity index (χ4v) is 2.11. The summed E-state index contributed by atoms with van der Waals surface area (Å²) in [6.07, 6.45) is 5.31. The first-order chi connectivity index (χ1) is 7.77. The van der Waals surface area contributed by atoms with Crippen molar-refractivity contribution in [1.82, 2.24) is 5.32 Å². The zero-order valence-electron chi connectivity index (χ0n) is 10.9. The summed E-state index contributed by atoms with van der Waals surface area (Å²) in [6.45, 7) is 5.50. The van der Waals surface area contributed by atoms with Crippen molar-refractivity contribution >= 4 is 0 Å². The van der Waals surface area contributed by atoms with Gasteiger partial charge in [0.1, 0.15) is 0 Å². The highest BCUT2D eigenvalue weighted by Gasteiger charge is 2.09. The lowest BCUT2D eigenvalue weighted by atomic mass is 9.92. The summed E-state index contributed by atoms with van der Waals surface area (Å²) in [4.78, 5) is 0. The minimum absolute atomic E-state index is 0.678. The monoisotopic (exact) mass is 219 g/mol. The third-order valence-electron chi connectivity index (χ3n) is 3.16. The quantitative estimate of drug-likeness (QED) is 0.686. The van der Waals surface area contributed by atoms with Crippen LogP contribution in [0.1, 0.15) is 49.7 Å². The zero-order valence-corrected chi connectivity index (χ0v) is 10.9. The fraction of sp³-hybridized carbons (Fsp3) is 0.600. The first-order valence-electron chi connectivity index (χ1n) is 6.49. The largest absolute Gasteiger partial charge is 0.319 e. The molecular weight excluding hydrogens is 194 g/mol.